The average molecular weight is 201 g/mol. The third kappa shape index (κ3) is 1.48. The number of carbonyl (C=O) groups is 1. The first kappa shape index (κ1) is 9.07. The normalized spacial score (nSPS) is 41.1. The number of allylic oxidation sites excluding steroid dienone is 1. The number of fused-ring (bicyclic) bond motifs is 2. The first-order valence-electron chi connectivity index (χ1n) is 4.59. The van der Waals surface area contributed by atoms with Crippen LogP contribution in [0.2, 0.25) is 0 Å². The minimum absolute atomic E-state index is 0.0576. The molecule has 0 aromatic carbocycles. The van der Waals surface area contributed by atoms with Gasteiger partial charge in [0.1, 0.15) is 6.61 Å². The lowest BCUT2D eigenvalue weighted by Gasteiger charge is -2.27. The molecule has 2 aliphatic carbocycles. The van der Waals surface area contributed by atoms with Crippen LogP contribution in [0.3, 0.4) is 0 Å². The average Bonchev–Trinajstić information content (AvgIpc) is 2.58. The molecule has 3 unspecified atom stereocenters. The molecule has 0 aromatic rings. The summed E-state index contributed by atoms with van der Waals surface area (Å²) in [5.74, 6) is 0.389. The highest BCUT2D eigenvalue weighted by molar-refractivity contribution is 6.21. The summed E-state index contributed by atoms with van der Waals surface area (Å²) in [7, 11) is 0. The summed E-state index contributed by atoms with van der Waals surface area (Å²) in [6, 6.07) is 0. The maximum absolute atomic E-state index is 10.7. The van der Waals surface area contributed by atoms with E-state index in [4.69, 9.17) is 16.3 Å². The fourth-order valence-corrected chi connectivity index (χ4v) is 2.73. The van der Waals surface area contributed by atoms with Crippen LogP contribution in [-0.4, -0.2) is 18.0 Å². The maximum atomic E-state index is 10.7. The predicted molar refractivity (Wildman–Crippen MR) is 50.6 cm³/mol. The molecule has 1 saturated carbocycles. The smallest absolute Gasteiger partial charge is 0.302 e. The van der Waals surface area contributed by atoms with E-state index >= 15 is 0 Å². The first-order valence-corrected chi connectivity index (χ1v) is 5.03. The Hall–Kier alpha value is -0.500. The third-order valence-corrected chi connectivity index (χ3v) is 3.63. The molecule has 3 atom stereocenters. The van der Waals surface area contributed by atoms with E-state index in [2.05, 4.69) is 12.2 Å². The summed E-state index contributed by atoms with van der Waals surface area (Å²) in [5.41, 5.74) is -0.0576. The predicted octanol–water partition coefficient (Wildman–Crippen LogP) is 2.12. The third-order valence-electron chi connectivity index (χ3n) is 3.02. The SMILES string of the molecule is CC(=O)OCC12C=CC(CC1Cl)C2. The van der Waals surface area contributed by atoms with Gasteiger partial charge in [-0.2, -0.15) is 0 Å². The van der Waals surface area contributed by atoms with E-state index in [1.807, 2.05) is 0 Å². The second kappa shape index (κ2) is 3.02. The Morgan fingerprint density at radius 1 is 1.77 bits per heavy atom. The molecule has 0 heterocycles. The van der Waals surface area contributed by atoms with Gasteiger partial charge in [0, 0.05) is 17.7 Å². The number of rotatable bonds is 2. The van der Waals surface area contributed by atoms with Crippen molar-refractivity contribution in [2.45, 2.75) is 25.1 Å². The number of halogens is 1. The molecule has 1 fully saturated rings. The second-order valence-electron chi connectivity index (χ2n) is 4.04. The van der Waals surface area contributed by atoms with Crippen LogP contribution in [0, 0.1) is 11.3 Å². The van der Waals surface area contributed by atoms with E-state index in [1.54, 1.807) is 0 Å². The van der Waals surface area contributed by atoms with Gasteiger partial charge in [-0.3, -0.25) is 4.79 Å². The minimum atomic E-state index is -0.220. The van der Waals surface area contributed by atoms with Gasteiger partial charge >= 0.3 is 5.97 Å². The van der Waals surface area contributed by atoms with Crippen LogP contribution in [-0.2, 0) is 9.53 Å². The summed E-state index contributed by atoms with van der Waals surface area (Å²) < 4.78 is 5.04. The highest BCUT2D eigenvalue weighted by Crippen LogP contribution is 2.51. The molecule has 0 N–H and O–H groups in total. The van der Waals surface area contributed by atoms with Crippen LogP contribution in [0.1, 0.15) is 19.8 Å². The molecule has 72 valence electrons. The molecule has 2 aliphatic rings. The van der Waals surface area contributed by atoms with Crippen molar-refractivity contribution in [3.8, 4) is 0 Å². The fourth-order valence-electron chi connectivity index (χ4n) is 2.28. The van der Waals surface area contributed by atoms with Crippen molar-refractivity contribution in [3.05, 3.63) is 12.2 Å². The van der Waals surface area contributed by atoms with Gasteiger partial charge in [-0.05, 0) is 18.8 Å². The molecule has 2 rings (SSSR count). The van der Waals surface area contributed by atoms with Gasteiger partial charge in [-0.1, -0.05) is 12.2 Å². The molecule has 0 spiro atoms. The standard InChI is InChI=1S/C10H13ClO2/c1-7(12)13-6-10-3-2-8(5-10)4-9(10)11/h2-3,8-9H,4-6H2,1H3. The molecular formula is C10H13ClO2. The summed E-state index contributed by atoms with van der Waals surface area (Å²) in [5, 5.41) is 0.141. The van der Waals surface area contributed by atoms with E-state index < -0.39 is 0 Å². The number of hydrogen-bond donors (Lipinski definition) is 0. The summed E-state index contributed by atoms with van der Waals surface area (Å²) in [6.07, 6.45) is 6.40. The van der Waals surface area contributed by atoms with E-state index in [0.29, 0.717) is 12.5 Å². The monoisotopic (exact) mass is 200 g/mol. The van der Waals surface area contributed by atoms with Crippen molar-refractivity contribution in [1.29, 1.82) is 0 Å². The second-order valence-corrected chi connectivity index (χ2v) is 4.57. The van der Waals surface area contributed by atoms with Crippen LogP contribution >= 0.6 is 11.6 Å². The zero-order valence-electron chi connectivity index (χ0n) is 7.63. The van der Waals surface area contributed by atoms with Crippen LogP contribution in [0.5, 0.6) is 0 Å². The Balaban J connectivity index is 2.03. The number of ether oxygens (including phenoxy) is 1. The lowest BCUT2D eigenvalue weighted by molar-refractivity contribution is -0.143. The van der Waals surface area contributed by atoms with Crippen molar-refractivity contribution in [1.82, 2.24) is 0 Å². The van der Waals surface area contributed by atoms with Crippen molar-refractivity contribution in [3.63, 3.8) is 0 Å². The van der Waals surface area contributed by atoms with Gasteiger partial charge in [0.2, 0.25) is 0 Å². The van der Waals surface area contributed by atoms with Crippen molar-refractivity contribution >= 4 is 17.6 Å². The van der Waals surface area contributed by atoms with Crippen molar-refractivity contribution in [2.75, 3.05) is 6.61 Å². The Morgan fingerprint density at radius 3 is 3.00 bits per heavy atom. The largest absolute Gasteiger partial charge is 0.465 e. The van der Waals surface area contributed by atoms with E-state index in [9.17, 15) is 4.79 Å². The molecule has 0 radical (unpaired) electrons. The maximum Gasteiger partial charge on any atom is 0.302 e. The molecule has 0 amide bonds. The lowest BCUT2D eigenvalue weighted by Crippen LogP contribution is -2.30. The topological polar surface area (TPSA) is 26.3 Å². The van der Waals surface area contributed by atoms with Crippen LogP contribution in [0.15, 0.2) is 12.2 Å². The Kier molecular flexibility index (Phi) is 2.11. The Morgan fingerprint density at radius 2 is 2.54 bits per heavy atom. The summed E-state index contributed by atoms with van der Waals surface area (Å²) >= 11 is 6.21. The molecule has 2 nitrogen and oxygen atoms in total. The molecule has 2 bridgehead atoms. The summed E-state index contributed by atoms with van der Waals surface area (Å²) in [6.45, 7) is 1.88. The molecule has 0 saturated heterocycles. The van der Waals surface area contributed by atoms with Gasteiger partial charge in [0.15, 0.2) is 0 Å². The zero-order chi connectivity index (χ0) is 9.47. The zero-order valence-corrected chi connectivity index (χ0v) is 8.38. The number of carbonyl (C=O) groups excluding carboxylic acids is 1. The van der Waals surface area contributed by atoms with Gasteiger partial charge in [0.05, 0.1) is 0 Å². The fraction of sp³-hybridized carbons (Fsp3) is 0.700. The van der Waals surface area contributed by atoms with Crippen LogP contribution in [0.4, 0.5) is 0 Å². The van der Waals surface area contributed by atoms with Gasteiger partial charge in [-0.25, -0.2) is 0 Å². The molecule has 0 aromatic heterocycles. The summed E-state index contributed by atoms with van der Waals surface area (Å²) in [4.78, 5) is 10.7. The van der Waals surface area contributed by atoms with Gasteiger partial charge < -0.3 is 4.74 Å². The van der Waals surface area contributed by atoms with Gasteiger partial charge in [-0.15, -0.1) is 11.6 Å². The lowest BCUT2D eigenvalue weighted by atomic mass is 9.88. The highest BCUT2D eigenvalue weighted by atomic mass is 35.5. The molecular weight excluding hydrogens is 188 g/mol. The van der Waals surface area contributed by atoms with Crippen LogP contribution in [0.25, 0.3) is 0 Å². The number of hydrogen-bond acceptors (Lipinski definition) is 2. The van der Waals surface area contributed by atoms with Gasteiger partial charge in [0.25, 0.3) is 0 Å². The molecule has 13 heavy (non-hydrogen) atoms. The van der Waals surface area contributed by atoms with E-state index in [0.717, 1.165) is 12.8 Å². The highest BCUT2D eigenvalue weighted by Gasteiger charge is 2.48. The first-order chi connectivity index (χ1) is 6.12. The molecule has 0 aliphatic heterocycles. The number of esters is 1. The minimum Gasteiger partial charge on any atom is -0.465 e. The Labute approximate surface area is 82.9 Å². The van der Waals surface area contributed by atoms with Crippen LogP contribution < -0.4 is 0 Å². The molecule has 3 heteroatoms. The van der Waals surface area contributed by atoms with Crippen molar-refractivity contribution in [2.24, 2.45) is 11.3 Å². The van der Waals surface area contributed by atoms with Crippen molar-refractivity contribution < 1.29 is 9.53 Å². The Bertz CT molecular complexity index is 262. The van der Waals surface area contributed by atoms with E-state index in [-0.39, 0.29) is 16.8 Å². The number of alkyl halides is 1. The quantitative estimate of drug-likeness (QED) is 0.388. The van der Waals surface area contributed by atoms with E-state index in [1.165, 1.54) is 6.92 Å².